The molecule has 4 rings (SSSR count). The van der Waals surface area contributed by atoms with Gasteiger partial charge in [-0.15, -0.1) is 0 Å². The summed E-state index contributed by atoms with van der Waals surface area (Å²) in [5, 5.41) is 6.39. The van der Waals surface area contributed by atoms with E-state index in [1.54, 1.807) is 21.3 Å². The van der Waals surface area contributed by atoms with E-state index < -0.39 is 0 Å². The molecule has 3 aromatic carbocycles. The van der Waals surface area contributed by atoms with E-state index in [0.29, 0.717) is 29.4 Å². The maximum Gasteiger partial charge on any atom is 0.336 e. The number of fused-ring (bicyclic) bond motifs is 3. The van der Waals surface area contributed by atoms with Gasteiger partial charge in [0.1, 0.15) is 5.58 Å². The van der Waals surface area contributed by atoms with E-state index in [-0.39, 0.29) is 5.63 Å². The third-order valence-corrected chi connectivity index (χ3v) is 4.86. The molecular formula is C23H21NO5. The Kier molecular flexibility index (Phi) is 4.99. The number of rotatable bonds is 6. The number of anilines is 1. The predicted octanol–water partition coefficient (Wildman–Crippen LogP) is 4.58. The molecule has 1 aromatic heterocycles. The SMILES string of the molecule is COc1cc(NCc2cc(=O)oc3ccc4ccccc4c23)cc(OC)c1OC. The van der Waals surface area contributed by atoms with Crippen LogP contribution in [0.2, 0.25) is 0 Å². The first-order valence-corrected chi connectivity index (χ1v) is 9.13. The topological polar surface area (TPSA) is 69.9 Å². The van der Waals surface area contributed by atoms with E-state index in [9.17, 15) is 4.79 Å². The Morgan fingerprint density at radius 1 is 0.897 bits per heavy atom. The van der Waals surface area contributed by atoms with Gasteiger partial charge < -0.3 is 23.9 Å². The summed E-state index contributed by atoms with van der Waals surface area (Å²) in [6, 6.07) is 17.0. The van der Waals surface area contributed by atoms with Crippen LogP contribution in [0.5, 0.6) is 17.2 Å². The highest BCUT2D eigenvalue weighted by Gasteiger charge is 2.14. The number of methoxy groups -OCH3 is 3. The van der Waals surface area contributed by atoms with Crippen molar-refractivity contribution in [1.82, 2.24) is 0 Å². The molecule has 0 saturated carbocycles. The van der Waals surface area contributed by atoms with Crippen LogP contribution < -0.4 is 25.2 Å². The molecule has 0 spiro atoms. The van der Waals surface area contributed by atoms with Gasteiger partial charge in [-0.2, -0.15) is 0 Å². The van der Waals surface area contributed by atoms with Gasteiger partial charge in [0.15, 0.2) is 11.5 Å². The van der Waals surface area contributed by atoms with Crippen LogP contribution in [0, 0.1) is 0 Å². The minimum atomic E-state index is -0.380. The van der Waals surface area contributed by atoms with E-state index in [1.165, 1.54) is 6.07 Å². The second kappa shape index (κ2) is 7.75. The van der Waals surface area contributed by atoms with E-state index in [4.69, 9.17) is 18.6 Å². The van der Waals surface area contributed by atoms with Gasteiger partial charge in [-0.05, 0) is 22.4 Å². The summed E-state index contributed by atoms with van der Waals surface area (Å²) in [4.78, 5) is 12.1. The number of nitrogens with one attached hydrogen (secondary N) is 1. The smallest absolute Gasteiger partial charge is 0.336 e. The standard InChI is InChI=1S/C23H21NO5/c1-26-19-11-16(12-20(27-2)23(19)28-3)24-13-15-10-21(25)29-18-9-8-14-6-4-5-7-17(14)22(15)18/h4-12,24H,13H2,1-3H3. The summed E-state index contributed by atoms with van der Waals surface area (Å²) < 4.78 is 21.6. The van der Waals surface area contributed by atoms with E-state index in [2.05, 4.69) is 5.32 Å². The first-order valence-electron chi connectivity index (χ1n) is 9.13. The Hall–Kier alpha value is -3.67. The zero-order valence-corrected chi connectivity index (χ0v) is 16.4. The molecule has 6 nitrogen and oxygen atoms in total. The number of hydrogen-bond donors (Lipinski definition) is 1. The van der Waals surface area contributed by atoms with Gasteiger partial charge in [-0.25, -0.2) is 4.79 Å². The lowest BCUT2D eigenvalue weighted by Crippen LogP contribution is -2.06. The third kappa shape index (κ3) is 3.45. The quantitative estimate of drug-likeness (QED) is 0.383. The van der Waals surface area contributed by atoms with Crippen LogP contribution in [0.3, 0.4) is 0 Å². The summed E-state index contributed by atoms with van der Waals surface area (Å²) in [6.07, 6.45) is 0. The zero-order chi connectivity index (χ0) is 20.4. The van der Waals surface area contributed by atoms with Gasteiger partial charge >= 0.3 is 5.63 Å². The minimum absolute atomic E-state index is 0.380. The molecule has 0 aliphatic rings. The van der Waals surface area contributed by atoms with Crippen molar-refractivity contribution in [3.63, 3.8) is 0 Å². The van der Waals surface area contributed by atoms with Crippen LogP contribution >= 0.6 is 0 Å². The summed E-state index contributed by atoms with van der Waals surface area (Å²) in [7, 11) is 4.71. The molecule has 0 amide bonds. The lowest BCUT2D eigenvalue weighted by Gasteiger charge is -2.15. The van der Waals surface area contributed by atoms with Gasteiger partial charge in [0.05, 0.1) is 21.3 Å². The Morgan fingerprint density at radius 2 is 1.62 bits per heavy atom. The molecule has 6 heteroatoms. The van der Waals surface area contributed by atoms with Crippen LogP contribution in [-0.2, 0) is 6.54 Å². The molecule has 1 N–H and O–H groups in total. The molecular weight excluding hydrogens is 370 g/mol. The fourth-order valence-corrected chi connectivity index (χ4v) is 3.54. The minimum Gasteiger partial charge on any atom is -0.493 e. The maximum absolute atomic E-state index is 12.1. The van der Waals surface area contributed by atoms with Crippen molar-refractivity contribution in [2.75, 3.05) is 26.6 Å². The first-order chi connectivity index (χ1) is 14.1. The van der Waals surface area contributed by atoms with Crippen molar-refractivity contribution in [2.45, 2.75) is 6.54 Å². The molecule has 0 atom stereocenters. The Morgan fingerprint density at radius 3 is 2.31 bits per heavy atom. The fourth-order valence-electron chi connectivity index (χ4n) is 3.54. The highest BCUT2D eigenvalue weighted by Crippen LogP contribution is 2.40. The van der Waals surface area contributed by atoms with Gasteiger partial charge in [0.2, 0.25) is 5.75 Å². The highest BCUT2D eigenvalue weighted by molar-refractivity contribution is 6.07. The van der Waals surface area contributed by atoms with Gasteiger partial charge in [-0.1, -0.05) is 30.3 Å². The number of benzene rings is 3. The van der Waals surface area contributed by atoms with Gasteiger partial charge in [0.25, 0.3) is 0 Å². The van der Waals surface area contributed by atoms with Crippen molar-refractivity contribution in [2.24, 2.45) is 0 Å². The molecule has 0 aliphatic carbocycles. The molecule has 0 saturated heterocycles. The van der Waals surface area contributed by atoms with E-state index in [1.807, 2.05) is 48.5 Å². The highest BCUT2D eigenvalue weighted by atomic mass is 16.5. The van der Waals surface area contributed by atoms with Crippen LogP contribution in [0.15, 0.2) is 63.8 Å². The molecule has 0 unspecified atom stereocenters. The summed E-state index contributed by atoms with van der Waals surface area (Å²) in [6.45, 7) is 0.425. The zero-order valence-electron chi connectivity index (χ0n) is 16.4. The third-order valence-electron chi connectivity index (χ3n) is 4.86. The second-order valence-corrected chi connectivity index (χ2v) is 6.52. The average Bonchev–Trinajstić information content (AvgIpc) is 2.76. The second-order valence-electron chi connectivity index (χ2n) is 6.52. The average molecular weight is 391 g/mol. The van der Waals surface area contributed by atoms with Gasteiger partial charge in [0, 0.05) is 35.8 Å². The molecule has 0 aliphatic heterocycles. The van der Waals surface area contributed by atoms with Crippen molar-refractivity contribution < 1.29 is 18.6 Å². The fraction of sp³-hybridized carbons (Fsp3) is 0.174. The summed E-state index contributed by atoms with van der Waals surface area (Å²) in [5.41, 5.74) is 1.82. The van der Waals surface area contributed by atoms with Crippen molar-refractivity contribution in [1.29, 1.82) is 0 Å². The number of hydrogen-bond acceptors (Lipinski definition) is 6. The lowest BCUT2D eigenvalue weighted by atomic mass is 10.0. The predicted molar refractivity (Wildman–Crippen MR) is 113 cm³/mol. The summed E-state index contributed by atoms with van der Waals surface area (Å²) >= 11 is 0. The Bertz CT molecular complexity index is 1220. The normalized spacial score (nSPS) is 10.9. The molecule has 148 valence electrons. The molecule has 0 radical (unpaired) electrons. The Balaban J connectivity index is 1.77. The van der Waals surface area contributed by atoms with Crippen molar-refractivity contribution in [3.8, 4) is 17.2 Å². The summed E-state index contributed by atoms with van der Waals surface area (Å²) in [5.74, 6) is 1.63. The molecule has 0 bridgehead atoms. The van der Waals surface area contributed by atoms with Crippen molar-refractivity contribution in [3.05, 3.63) is 70.6 Å². The van der Waals surface area contributed by atoms with Crippen LogP contribution in [-0.4, -0.2) is 21.3 Å². The van der Waals surface area contributed by atoms with Crippen LogP contribution in [0.25, 0.3) is 21.7 Å². The molecule has 29 heavy (non-hydrogen) atoms. The van der Waals surface area contributed by atoms with Crippen LogP contribution in [0.1, 0.15) is 5.56 Å². The molecule has 1 heterocycles. The first kappa shape index (κ1) is 18.7. The Labute approximate surface area is 167 Å². The molecule has 4 aromatic rings. The van der Waals surface area contributed by atoms with Crippen LogP contribution in [0.4, 0.5) is 5.69 Å². The van der Waals surface area contributed by atoms with Crippen molar-refractivity contribution >= 4 is 27.4 Å². The van der Waals surface area contributed by atoms with Gasteiger partial charge in [-0.3, -0.25) is 0 Å². The maximum atomic E-state index is 12.1. The lowest BCUT2D eigenvalue weighted by molar-refractivity contribution is 0.324. The molecule has 0 fully saturated rings. The van der Waals surface area contributed by atoms with E-state index in [0.717, 1.165) is 27.4 Å². The van der Waals surface area contributed by atoms with E-state index >= 15 is 0 Å². The number of ether oxygens (including phenoxy) is 3. The monoisotopic (exact) mass is 391 g/mol. The largest absolute Gasteiger partial charge is 0.493 e.